The molecule has 178 valence electrons. The number of aromatic nitrogens is 1. The van der Waals surface area contributed by atoms with Gasteiger partial charge in [-0.25, -0.2) is 0 Å². The summed E-state index contributed by atoms with van der Waals surface area (Å²) in [4.78, 5) is 9.32. The fourth-order valence-corrected chi connectivity index (χ4v) is 4.99. The third kappa shape index (κ3) is 5.42. The molecule has 35 heavy (non-hydrogen) atoms. The normalized spacial score (nSPS) is 14.4. The number of benzene rings is 3. The van der Waals surface area contributed by atoms with Gasteiger partial charge in [-0.15, -0.1) is 0 Å². The average Bonchev–Trinajstić information content (AvgIpc) is 2.88. The smallest absolute Gasteiger partial charge is 0.115 e. The number of halogens is 1. The van der Waals surface area contributed by atoms with Crippen LogP contribution < -0.4 is 4.90 Å². The average molecular weight is 486 g/mol. The number of nitrogens with zero attached hydrogens (tertiary/aromatic N) is 3. The monoisotopic (exact) mass is 485 g/mol. The van der Waals surface area contributed by atoms with Crippen molar-refractivity contribution in [1.82, 2.24) is 9.88 Å². The molecule has 1 aromatic heterocycles. The van der Waals surface area contributed by atoms with Gasteiger partial charge >= 0.3 is 0 Å². The zero-order valence-electron chi connectivity index (χ0n) is 19.4. The molecule has 1 aliphatic heterocycles. The first kappa shape index (κ1) is 23.2. The minimum absolute atomic E-state index is 0.0624. The van der Waals surface area contributed by atoms with Crippen molar-refractivity contribution < 1.29 is 10.2 Å². The lowest BCUT2D eigenvalue weighted by atomic mass is 9.83. The number of phenolic OH excluding ortho intramolecular Hbond substituents is 2. The van der Waals surface area contributed by atoms with E-state index in [2.05, 4.69) is 26.9 Å². The van der Waals surface area contributed by atoms with Crippen molar-refractivity contribution in [1.29, 1.82) is 0 Å². The van der Waals surface area contributed by atoms with Crippen LogP contribution in [-0.2, 0) is 6.54 Å². The molecule has 0 atom stereocenters. The number of hydrogen-bond donors (Lipinski definition) is 2. The number of phenols is 2. The molecule has 0 bridgehead atoms. The van der Waals surface area contributed by atoms with E-state index >= 15 is 0 Å². The van der Waals surface area contributed by atoms with E-state index in [0.717, 1.165) is 54.4 Å². The molecule has 5 rings (SSSR count). The van der Waals surface area contributed by atoms with Crippen LogP contribution in [0.25, 0.3) is 0 Å². The van der Waals surface area contributed by atoms with Gasteiger partial charge in [0.05, 0.1) is 0 Å². The SMILES string of the molecule is Oc1ccc(C(c2ccc(O)cc2)c2cnccc2CN2CCN(c3cccc(Cl)c3)CC2)cc1. The second-order valence-electron chi connectivity index (χ2n) is 8.93. The Morgan fingerprint density at radius 1 is 0.800 bits per heavy atom. The van der Waals surface area contributed by atoms with E-state index < -0.39 is 0 Å². The lowest BCUT2D eigenvalue weighted by molar-refractivity contribution is 0.249. The molecule has 0 spiro atoms. The number of anilines is 1. The minimum atomic E-state index is -0.0624. The first-order chi connectivity index (χ1) is 17.1. The van der Waals surface area contributed by atoms with Crippen LogP contribution in [0, 0.1) is 0 Å². The number of rotatable bonds is 6. The van der Waals surface area contributed by atoms with Gasteiger partial charge in [0.25, 0.3) is 0 Å². The number of aromatic hydroxyl groups is 2. The van der Waals surface area contributed by atoms with Crippen LogP contribution in [0.1, 0.15) is 28.2 Å². The minimum Gasteiger partial charge on any atom is -0.508 e. The van der Waals surface area contributed by atoms with Gasteiger partial charge in [0.2, 0.25) is 0 Å². The van der Waals surface area contributed by atoms with Crippen molar-refractivity contribution in [3.8, 4) is 11.5 Å². The maximum absolute atomic E-state index is 9.84. The summed E-state index contributed by atoms with van der Waals surface area (Å²) in [5, 5.41) is 20.4. The standard InChI is InChI=1S/C29H28ClN3O2/c30-24-2-1-3-25(18-24)33-16-14-32(15-17-33)20-23-12-13-31-19-28(23)29(21-4-8-26(34)9-5-21)22-6-10-27(35)11-7-22/h1-13,18-19,29,34-35H,14-17,20H2. The molecular formula is C29H28ClN3O2. The lowest BCUT2D eigenvalue weighted by Crippen LogP contribution is -2.46. The molecule has 2 heterocycles. The number of hydrogen-bond acceptors (Lipinski definition) is 5. The van der Waals surface area contributed by atoms with Gasteiger partial charge in [-0.05, 0) is 70.8 Å². The van der Waals surface area contributed by atoms with Crippen LogP contribution in [-0.4, -0.2) is 46.3 Å². The fraction of sp³-hybridized carbons (Fsp3) is 0.207. The summed E-state index contributed by atoms with van der Waals surface area (Å²) < 4.78 is 0. The first-order valence-corrected chi connectivity index (χ1v) is 12.2. The first-order valence-electron chi connectivity index (χ1n) is 11.8. The van der Waals surface area contributed by atoms with Crippen molar-refractivity contribution in [2.45, 2.75) is 12.5 Å². The highest BCUT2D eigenvalue weighted by molar-refractivity contribution is 6.30. The molecule has 5 nitrogen and oxygen atoms in total. The quantitative estimate of drug-likeness (QED) is 0.369. The van der Waals surface area contributed by atoms with Gasteiger partial charge in [-0.3, -0.25) is 9.88 Å². The zero-order valence-corrected chi connectivity index (χ0v) is 20.1. The van der Waals surface area contributed by atoms with Gasteiger partial charge in [0.1, 0.15) is 11.5 Å². The van der Waals surface area contributed by atoms with E-state index in [1.807, 2.05) is 54.9 Å². The maximum atomic E-state index is 9.84. The zero-order chi connectivity index (χ0) is 24.2. The number of piperazine rings is 1. The van der Waals surface area contributed by atoms with Crippen LogP contribution in [0.3, 0.4) is 0 Å². The molecule has 0 unspecified atom stereocenters. The van der Waals surface area contributed by atoms with E-state index in [1.54, 1.807) is 24.3 Å². The molecule has 2 N–H and O–H groups in total. The second kappa shape index (κ2) is 10.4. The van der Waals surface area contributed by atoms with E-state index in [0.29, 0.717) is 0 Å². The molecule has 0 radical (unpaired) electrons. The van der Waals surface area contributed by atoms with Crippen molar-refractivity contribution in [2.24, 2.45) is 0 Å². The summed E-state index contributed by atoms with van der Waals surface area (Å²) in [6, 6.07) is 24.8. The highest BCUT2D eigenvalue weighted by atomic mass is 35.5. The predicted octanol–water partition coefficient (Wildman–Crippen LogP) is 5.65. The van der Waals surface area contributed by atoms with Crippen molar-refractivity contribution in [2.75, 3.05) is 31.1 Å². The van der Waals surface area contributed by atoms with Crippen molar-refractivity contribution >= 4 is 17.3 Å². The van der Waals surface area contributed by atoms with Gasteiger partial charge in [-0.2, -0.15) is 0 Å². The van der Waals surface area contributed by atoms with E-state index in [9.17, 15) is 10.2 Å². The summed E-state index contributed by atoms with van der Waals surface area (Å²) in [5.41, 5.74) is 5.65. The predicted molar refractivity (Wildman–Crippen MR) is 140 cm³/mol. The van der Waals surface area contributed by atoms with Crippen LogP contribution in [0.15, 0.2) is 91.3 Å². The van der Waals surface area contributed by atoms with Gasteiger partial charge in [0.15, 0.2) is 0 Å². The summed E-state index contributed by atoms with van der Waals surface area (Å²) >= 11 is 6.19. The Bertz CT molecular complexity index is 1220. The molecule has 1 aliphatic rings. The molecule has 4 aromatic rings. The molecule has 1 saturated heterocycles. The molecular weight excluding hydrogens is 458 g/mol. The summed E-state index contributed by atoms with van der Waals surface area (Å²) in [5.74, 6) is 0.414. The molecule has 6 heteroatoms. The Morgan fingerprint density at radius 3 is 2.03 bits per heavy atom. The molecule has 1 fully saturated rings. The summed E-state index contributed by atoms with van der Waals surface area (Å²) in [6.45, 7) is 4.63. The lowest BCUT2D eigenvalue weighted by Gasteiger charge is -2.36. The maximum Gasteiger partial charge on any atom is 0.115 e. The fourth-order valence-electron chi connectivity index (χ4n) is 4.80. The van der Waals surface area contributed by atoms with E-state index in [1.165, 1.54) is 11.3 Å². The highest BCUT2D eigenvalue weighted by Gasteiger charge is 2.23. The van der Waals surface area contributed by atoms with Gasteiger partial charge in [0, 0.05) is 61.7 Å². The summed E-state index contributed by atoms with van der Waals surface area (Å²) in [7, 11) is 0. The Balaban J connectivity index is 1.40. The van der Waals surface area contributed by atoms with Crippen molar-refractivity contribution in [3.63, 3.8) is 0 Å². The van der Waals surface area contributed by atoms with Gasteiger partial charge in [-0.1, -0.05) is 41.9 Å². The Morgan fingerprint density at radius 2 is 1.43 bits per heavy atom. The van der Waals surface area contributed by atoms with Crippen LogP contribution in [0.4, 0.5) is 5.69 Å². The molecule has 3 aromatic carbocycles. The van der Waals surface area contributed by atoms with E-state index in [-0.39, 0.29) is 17.4 Å². The van der Waals surface area contributed by atoms with Crippen LogP contribution >= 0.6 is 11.6 Å². The van der Waals surface area contributed by atoms with Gasteiger partial charge < -0.3 is 15.1 Å². The Labute approximate surface area is 210 Å². The summed E-state index contributed by atoms with van der Waals surface area (Å²) in [6.07, 6.45) is 3.80. The Hall–Kier alpha value is -3.54. The van der Waals surface area contributed by atoms with Crippen LogP contribution in [0.5, 0.6) is 11.5 Å². The van der Waals surface area contributed by atoms with E-state index in [4.69, 9.17) is 11.6 Å². The highest BCUT2D eigenvalue weighted by Crippen LogP contribution is 2.35. The second-order valence-corrected chi connectivity index (χ2v) is 9.37. The van der Waals surface area contributed by atoms with Crippen LogP contribution in [0.2, 0.25) is 5.02 Å². The largest absolute Gasteiger partial charge is 0.508 e. The van der Waals surface area contributed by atoms with Crippen molar-refractivity contribution in [3.05, 3.63) is 119 Å². The third-order valence-electron chi connectivity index (χ3n) is 6.65. The number of pyridine rings is 1. The Kier molecular flexibility index (Phi) is 6.89. The molecule has 0 amide bonds. The molecule has 0 aliphatic carbocycles. The third-order valence-corrected chi connectivity index (χ3v) is 6.88. The topological polar surface area (TPSA) is 59.8 Å². The molecule has 0 saturated carbocycles.